The first-order chi connectivity index (χ1) is 9.01. The summed E-state index contributed by atoms with van der Waals surface area (Å²) in [4.78, 5) is 2.94. The number of aliphatic hydroxyl groups excluding tert-OH is 1. The van der Waals surface area contributed by atoms with E-state index in [1.165, 1.54) is 12.1 Å². The van der Waals surface area contributed by atoms with E-state index in [1.807, 2.05) is 13.8 Å². The number of hydrogen-bond acceptors (Lipinski definition) is 3. The number of fused-ring (bicyclic) bond motifs is 1. The number of halogens is 1. The number of benzene rings is 1. The summed E-state index contributed by atoms with van der Waals surface area (Å²) < 4.78 is 24.2. The second-order valence-electron chi connectivity index (χ2n) is 4.56. The number of aromatic nitrogens is 1. The summed E-state index contributed by atoms with van der Waals surface area (Å²) in [6.45, 7) is 5.93. The van der Waals surface area contributed by atoms with Gasteiger partial charge in [0.05, 0.1) is 17.3 Å². The van der Waals surface area contributed by atoms with Gasteiger partial charge in [0.2, 0.25) is 0 Å². The molecule has 0 radical (unpaired) electrons. The Labute approximate surface area is 111 Å². The van der Waals surface area contributed by atoms with Crippen molar-refractivity contribution in [1.82, 2.24) is 4.98 Å². The first-order valence-corrected chi connectivity index (χ1v) is 6.29. The van der Waals surface area contributed by atoms with E-state index in [4.69, 9.17) is 9.47 Å². The van der Waals surface area contributed by atoms with Crippen LogP contribution in [0.2, 0.25) is 0 Å². The molecule has 0 aliphatic heterocycles. The van der Waals surface area contributed by atoms with Gasteiger partial charge in [-0.25, -0.2) is 4.39 Å². The van der Waals surface area contributed by atoms with E-state index in [0.717, 1.165) is 5.39 Å². The zero-order valence-corrected chi connectivity index (χ0v) is 11.2. The number of H-pyrrole nitrogens is 1. The Balaban J connectivity index is 2.45. The van der Waals surface area contributed by atoms with Crippen molar-refractivity contribution in [2.24, 2.45) is 0 Å². The van der Waals surface area contributed by atoms with E-state index in [1.54, 1.807) is 13.0 Å². The zero-order valence-electron chi connectivity index (χ0n) is 11.2. The van der Waals surface area contributed by atoms with Crippen molar-refractivity contribution in [3.8, 4) is 5.75 Å². The Morgan fingerprint density at radius 2 is 2.05 bits per heavy atom. The van der Waals surface area contributed by atoms with Crippen LogP contribution in [0, 0.1) is 5.82 Å². The minimum absolute atomic E-state index is 0.0554. The van der Waals surface area contributed by atoms with Crippen molar-refractivity contribution in [1.29, 1.82) is 0 Å². The molecule has 2 N–H and O–H groups in total. The normalized spacial score (nSPS) is 13.2. The van der Waals surface area contributed by atoms with Gasteiger partial charge in [-0.1, -0.05) is 0 Å². The van der Waals surface area contributed by atoms with Gasteiger partial charge in [0.1, 0.15) is 11.6 Å². The molecule has 1 atom stereocenters. The summed E-state index contributed by atoms with van der Waals surface area (Å²) in [7, 11) is 0. The topological polar surface area (TPSA) is 54.5 Å². The SMILES string of the molecule is CCOC(O)c1cc2c(OC(C)C)cc(F)cc2[nH]1. The number of aromatic amines is 1. The maximum Gasteiger partial charge on any atom is 0.196 e. The lowest BCUT2D eigenvalue weighted by Crippen LogP contribution is -2.05. The number of hydrogen-bond donors (Lipinski definition) is 2. The van der Waals surface area contributed by atoms with Gasteiger partial charge in [0.25, 0.3) is 0 Å². The molecule has 0 spiro atoms. The van der Waals surface area contributed by atoms with Crippen LogP contribution in [0.15, 0.2) is 18.2 Å². The third-order valence-corrected chi connectivity index (χ3v) is 2.64. The monoisotopic (exact) mass is 267 g/mol. The quantitative estimate of drug-likeness (QED) is 0.818. The van der Waals surface area contributed by atoms with Crippen molar-refractivity contribution in [3.63, 3.8) is 0 Å². The third-order valence-electron chi connectivity index (χ3n) is 2.64. The molecule has 0 aliphatic carbocycles. The first-order valence-electron chi connectivity index (χ1n) is 6.29. The molecule has 0 bridgehead atoms. The predicted octanol–water partition coefficient (Wildman–Crippen LogP) is 3.12. The summed E-state index contributed by atoms with van der Waals surface area (Å²) in [6, 6.07) is 4.42. The van der Waals surface area contributed by atoms with E-state index >= 15 is 0 Å². The molecule has 2 rings (SSSR count). The molecular formula is C14H18FNO3. The Kier molecular flexibility index (Phi) is 4.07. The molecule has 0 saturated carbocycles. The second-order valence-corrected chi connectivity index (χ2v) is 4.56. The highest BCUT2D eigenvalue weighted by molar-refractivity contribution is 5.87. The average molecular weight is 267 g/mol. The van der Waals surface area contributed by atoms with Crippen molar-refractivity contribution in [2.45, 2.75) is 33.2 Å². The van der Waals surface area contributed by atoms with Gasteiger partial charge >= 0.3 is 0 Å². The Hall–Kier alpha value is -1.59. The van der Waals surface area contributed by atoms with E-state index in [9.17, 15) is 9.50 Å². The smallest absolute Gasteiger partial charge is 0.196 e. The predicted molar refractivity (Wildman–Crippen MR) is 70.6 cm³/mol. The van der Waals surface area contributed by atoms with Crippen LogP contribution < -0.4 is 4.74 Å². The molecule has 1 heterocycles. The van der Waals surface area contributed by atoms with Gasteiger partial charge in [-0.2, -0.15) is 0 Å². The fraction of sp³-hybridized carbons (Fsp3) is 0.429. The maximum atomic E-state index is 13.5. The molecule has 19 heavy (non-hydrogen) atoms. The Morgan fingerprint density at radius 1 is 1.32 bits per heavy atom. The lowest BCUT2D eigenvalue weighted by molar-refractivity contribution is -0.100. The van der Waals surface area contributed by atoms with Crippen molar-refractivity contribution in [3.05, 3.63) is 29.7 Å². The third kappa shape index (κ3) is 3.05. The van der Waals surface area contributed by atoms with Crippen molar-refractivity contribution >= 4 is 10.9 Å². The van der Waals surface area contributed by atoms with Crippen LogP contribution >= 0.6 is 0 Å². The molecule has 0 saturated heterocycles. The van der Waals surface area contributed by atoms with E-state index < -0.39 is 6.29 Å². The molecule has 5 heteroatoms. The highest BCUT2D eigenvalue weighted by atomic mass is 19.1. The summed E-state index contributed by atoms with van der Waals surface area (Å²) in [6.07, 6.45) is -1.10. The molecule has 2 aromatic rings. The summed E-state index contributed by atoms with van der Waals surface area (Å²) in [5.74, 6) is 0.0682. The second kappa shape index (κ2) is 5.59. The molecule has 1 aromatic carbocycles. The molecule has 1 aromatic heterocycles. The molecule has 4 nitrogen and oxygen atoms in total. The van der Waals surface area contributed by atoms with E-state index in [2.05, 4.69) is 4.98 Å². The van der Waals surface area contributed by atoms with Crippen LogP contribution in [0.4, 0.5) is 4.39 Å². The Bertz CT molecular complexity index is 565. The highest BCUT2D eigenvalue weighted by Crippen LogP contribution is 2.30. The fourth-order valence-electron chi connectivity index (χ4n) is 1.92. The van der Waals surface area contributed by atoms with Crippen LogP contribution in [0.25, 0.3) is 10.9 Å². The molecule has 0 fully saturated rings. The molecule has 0 amide bonds. The van der Waals surface area contributed by atoms with E-state index in [-0.39, 0.29) is 11.9 Å². The van der Waals surface area contributed by atoms with Crippen LogP contribution in [-0.2, 0) is 4.74 Å². The maximum absolute atomic E-state index is 13.5. The van der Waals surface area contributed by atoms with Gasteiger partial charge < -0.3 is 19.6 Å². The number of nitrogens with one attached hydrogen (secondary N) is 1. The van der Waals surface area contributed by atoms with Gasteiger partial charge in [0, 0.05) is 18.1 Å². The summed E-state index contributed by atoms with van der Waals surface area (Å²) in [5.41, 5.74) is 1.06. The molecular weight excluding hydrogens is 249 g/mol. The minimum Gasteiger partial charge on any atom is -0.490 e. The lowest BCUT2D eigenvalue weighted by atomic mass is 10.2. The number of ether oxygens (including phenoxy) is 2. The Morgan fingerprint density at radius 3 is 2.68 bits per heavy atom. The summed E-state index contributed by atoms with van der Waals surface area (Å²) >= 11 is 0. The average Bonchev–Trinajstić information content (AvgIpc) is 2.72. The number of rotatable bonds is 5. The standard InChI is InChI=1S/C14H18FNO3/c1-4-18-14(17)12-7-10-11(16-12)5-9(15)6-13(10)19-8(2)3/h5-8,14,16-17H,4H2,1-3H3. The zero-order chi connectivity index (χ0) is 14.0. The van der Waals surface area contributed by atoms with Crippen molar-refractivity contribution < 1.29 is 19.0 Å². The van der Waals surface area contributed by atoms with Crippen LogP contribution in [0.1, 0.15) is 32.8 Å². The lowest BCUT2D eigenvalue weighted by Gasteiger charge is -2.10. The van der Waals surface area contributed by atoms with Gasteiger partial charge in [-0.15, -0.1) is 0 Å². The van der Waals surface area contributed by atoms with Crippen LogP contribution in [0.3, 0.4) is 0 Å². The van der Waals surface area contributed by atoms with Crippen LogP contribution in [-0.4, -0.2) is 22.8 Å². The van der Waals surface area contributed by atoms with Crippen LogP contribution in [0.5, 0.6) is 5.75 Å². The molecule has 1 unspecified atom stereocenters. The van der Waals surface area contributed by atoms with Gasteiger partial charge in [0.15, 0.2) is 6.29 Å². The first kappa shape index (κ1) is 13.8. The highest BCUT2D eigenvalue weighted by Gasteiger charge is 2.15. The van der Waals surface area contributed by atoms with E-state index in [0.29, 0.717) is 23.6 Å². The van der Waals surface area contributed by atoms with Gasteiger partial charge in [-0.3, -0.25) is 0 Å². The number of aliphatic hydroxyl groups is 1. The molecule has 104 valence electrons. The minimum atomic E-state index is -1.05. The largest absolute Gasteiger partial charge is 0.490 e. The summed E-state index contributed by atoms with van der Waals surface area (Å²) in [5, 5.41) is 10.5. The van der Waals surface area contributed by atoms with Gasteiger partial charge in [-0.05, 0) is 32.9 Å². The fourth-order valence-corrected chi connectivity index (χ4v) is 1.92. The van der Waals surface area contributed by atoms with Crippen molar-refractivity contribution in [2.75, 3.05) is 6.61 Å². The molecule has 0 aliphatic rings.